The first kappa shape index (κ1) is 19.9. The van der Waals surface area contributed by atoms with Crippen molar-refractivity contribution in [1.82, 2.24) is 10.6 Å². The molecule has 1 rings (SSSR count). The van der Waals surface area contributed by atoms with Crippen molar-refractivity contribution >= 4 is 35.6 Å². The minimum Gasteiger partial charge on any atom is -0.355 e. The van der Waals surface area contributed by atoms with E-state index in [2.05, 4.69) is 10.6 Å². The van der Waals surface area contributed by atoms with Crippen LogP contribution >= 0.6 is 23.7 Å². The van der Waals surface area contributed by atoms with E-state index < -0.39 is 6.04 Å². The molecule has 120 valence electrons. The number of carbonyl (C=O) groups is 2. The van der Waals surface area contributed by atoms with Crippen LogP contribution in [-0.4, -0.2) is 30.9 Å². The molecule has 21 heavy (non-hydrogen) atoms. The molecule has 0 saturated carbocycles. The van der Waals surface area contributed by atoms with Crippen LogP contribution in [0.2, 0.25) is 0 Å². The van der Waals surface area contributed by atoms with Gasteiger partial charge in [0.1, 0.15) is 0 Å². The van der Waals surface area contributed by atoms with E-state index in [1.165, 1.54) is 11.3 Å². The maximum Gasteiger partial charge on any atom is 0.261 e. The topological polar surface area (TPSA) is 84.2 Å². The molecule has 7 heteroatoms. The van der Waals surface area contributed by atoms with Crippen LogP contribution in [0.1, 0.15) is 36.9 Å². The molecule has 0 spiro atoms. The zero-order valence-corrected chi connectivity index (χ0v) is 14.3. The van der Waals surface area contributed by atoms with Crippen LogP contribution in [0.5, 0.6) is 0 Å². The highest BCUT2D eigenvalue weighted by Gasteiger charge is 2.26. The van der Waals surface area contributed by atoms with Gasteiger partial charge in [0.05, 0.1) is 10.9 Å². The summed E-state index contributed by atoms with van der Waals surface area (Å²) in [6.07, 6.45) is 0.680. The van der Waals surface area contributed by atoms with Gasteiger partial charge >= 0.3 is 0 Å². The molecule has 0 bridgehead atoms. The summed E-state index contributed by atoms with van der Waals surface area (Å²) < 4.78 is 0. The Morgan fingerprint density at radius 3 is 2.43 bits per heavy atom. The van der Waals surface area contributed by atoms with E-state index in [1.54, 1.807) is 6.07 Å². The van der Waals surface area contributed by atoms with Crippen LogP contribution < -0.4 is 16.4 Å². The van der Waals surface area contributed by atoms with E-state index in [0.29, 0.717) is 24.4 Å². The minimum atomic E-state index is -0.525. The van der Waals surface area contributed by atoms with Gasteiger partial charge in [-0.05, 0) is 23.3 Å². The summed E-state index contributed by atoms with van der Waals surface area (Å²) in [6, 6.07) is 3.10. The number of nitrogens with one attached hydrogen (secondary N) is 2. The minimum absolute atomic E-state index is 0. The third-order valence-electron chi connectivity index (χ3n) is 2.90. The van der Waals surface area contributed by atoms with Gasteiger partial charge in [0.2, 0.25) is 5.91 Å². The second kappa shape index (κ2) is 9.02. The van der Waals surface area contributed by atoms with Gasteiger partial charge in [-0.1, -0.05) is 26.8 Å². The fraction of sp³-hybridized carbons (Fsp3) is 0.571. The predicted octanol–water partition coefficient (Wildman–Crippen LogP) is 1.78. The van der Waals surface area contributed by atoms with Crippen molar-refractivity contribution in [3.63, 3.8) is 0 Å². The van der Waals surface area contributed by atoms with Gasteiger partial charge in [-0.15, -0.1) is 23.7 Å². The SMILES string of the molecule is CC(C)(C)[C@H](N)C(=O)NCCCNC(=O)c1cccs1.Cl. The molecule has 0 aromatic carbocycles. The Labute approximate surface area is 136 Å². The lowest BCUT2D eigenvalue weighted by atomic mass is 9.87. The zero-order valence-electron chi connectivity index (χ0n) is 12.6. The first-order valence-corrected chi connectivity index (χ1v) is 7.55. The lowest BCUT2D eigenvalue weighted by molar-refractivity contribution is -0.124. The molecule has 1 aromatic rings. The third-order valence-corrected chi connectivity index (χ3v) is 3.77. The zero-order chi connectivity index (χ0) is 15.2. The van der Waals surface area contributed by atoms with Crippen LogP contribution in [0.3, 0.4) is 0 Å². The van der Waals surface area contributed by atoms with E-state index in [0.717, 1.165) is 0 Å². The molecule has 0 radical (unpaired) electrons. The molecule has 0 aliphatic heterocycles. The summed E-state index contributed by atoms with van der Waals surface area (Å²) in [5, 5.41) is 7.46. The van der Waals surface area contributed by atoms with Gasteiger partial charge in [0, 0.05) is 13.1 Å². The Bertz CT molecular complexity index is 444. The fourth-order valence-electron chi connectivity index (χ4n) is 1.50. The van der Waals surface area contributed by atoms with Crippen LogP contribution in [-0.2, 0) is 4.79 Å². The van der Waals surface area contributed by atoms with E-state index in [9.17, 15) is 9.59 Å². The largest absolute Gasteiger partial charge is 0.355 e. The number of nitrogens with two attached hydrogens (primary N) is 1. The highest BCUT2D eigenvalue weighted by molar-refractivity contribution is 7.12. The third kappa shape index (κ3) is 6.93. The first-order valence-electron chi connectivity index (χ1n) is 6.67. The number of rotatable bonds is 6. The van der Waals surface area contributed by atoms with Crippen LogP contribution in [0.15, 0.2) is 17.5 Å². The van der Waals surface area contributed by atoms with Crippen molar-refractivity contribution in [2.75, 3.05) is 13.1 Å². The standard InChI is InChI=1S/C14H23N3O2S.ClH/c1-14(2,3)11(15)13(19)17-8-5-7-16-12(18)10-6-4-9-20-10;/h4,6,9,11H,5,7-8,15H2,1-3H3,(H,16,18)(H,17,19);1H/t11-;/m1./s1. The number of carbonyl (C=O) groups excluding carboxylic acids is 2. The molecule has 1 heterocycles. The predicted molar refractivity (Wildman–Crippen MR) is 89.0 cm³/mol. The molecule has 5 nitrogen and oxygen atoms in total. The number of hydrogen-bond donors (Lipinski definition) is 3. The van der Waals surface area contributed by atoms with Gasteiger partial charge in [0.15, 0.2) is 0 Å². The maximum atomic E-state index is 11.8. The Kier molecular flexibility index (Phi) is 8.54. The molecule has 1 aromatic heterocycles. The van der Waals surface area contributed by atoms with Crippen molar-refractivity contribution in [3.8, 4) is 0 Å². The molecule has 0 fully saturated rings. The highest BCUT2D eigenvalue weighted by Crippen LogP contribution is 2.16. The van der Waals surface area contributed by atoms with Gasteiger partial charge in [-0.2, -0.15) is 0 Å². The van der Waals surface area contributed by atoms with E-state index in [1.807, 2.05) is 32.2 Å². The molecule has 0 unspecified atom stereocenters. The monoisotopic (exact) mass is 333 g/mol. The quantitative estimate of drug-likeness (QED) is 0.694. The van der Waals surface area contributed by atoms with E-state index in [4.69, 9.17) is 5.73 Å². The van der Waals surface area contributed by atoms with Crippen molar-refractivity contribution < 1.29 is 9.59 Å². The molecule has 1 atom stereocenters. The molecule has 2 amide bonds. The average Bonchev–Trinajstić information content (AvgIpc) is 2.89. The number of halogens is 1. The second-order valence-corrected chi connectivity index (χ2v) is 6.67. The summed E-state index contributed by atoms with van der Waals surface area (Å²) in [6.45, 7) is 6.82. The van der Waals surface area contributed by atoms with Crippen molar-refractivity contribution in [1.29, 1.82) is 0 Å². The Morgan fingerprint density at radius 1 is 1.29 bits per heavy atom. The van der Waals surface area contributed by atoms with Gasteiger partial charge in [-0.25, -0.2) is 0 Å². The Hall–Kier alpha value is -1.11. The van der Waals surface area contributed by atoms with Gasteiger partial charge in [-0.3, -0.25) is 9.59 Å². The molecular formula is C14H24ClN3O2S. The number of hydrogen-bond acceptors (Lipinski definition) is 4. The molecule has 0 saturated heterocycles. The molecule has 4 N–H and O–H groups in total. The van der Waals surface area contributed by atoms with Crippen molar-refractivity contribution in [3.05, 3.63) is 22.4 Å². The normalized spacial score (nSPS) is 12.2. The summed E-state index contributed by atoms with van der Waals surface area (Å²) in [5.41, 5.74) is 5.59. The summed E-state index contributed by atoms with van der Waals surface area (Å²) in [5.74, 6) is -0.222. The lowest BCUT2D eigenvalue weighted by Gasteiger charge is -2.25. The Balaban J connectivity index is 0.00000400. The number of thiophene rings is 1. The fourth-order valence-corrected chi connectivity index (χ4v) is 2.14. The van der Waals surface area contributed by atoms with Crippen molar-refractivity contribution in [2.24, 2.45) is 11.1 Å². The van der Waals surface area contributed by atoms with Crippen LogP contribution in [0.25, 0.3) is 0 Å². The highest BCUT2D eigenvalue weighted by atomic mass is 35.5. The average molecular weight is 334 g/mol. The lowest BCUT2D eigenvalue weighted by Crippen LogP contribution is -2.49. The first-order chi connectivity index (χ1) is 9.32. The van der Waals surface area contributed by atoms with Crippen LogP contribution in [0, 0.1) is 5.41 Å². The summed E-state index contributed by atoms with van der Waals surface area (Å²) in [7, 11) is 0. The maximum absolute atomic E-state index is 11.8. The van der Waals surface area contributed by atoms with Crippen molar-refractivity contribution in [2.45, 2.75) is 33.2 Å². The second-order valence-electron chi connectivity index (χ2n) is 5.72. The number of amides is 2. The summed E-state index contributed by atoms with van der Waals surface area (Å²) >= 11 is 1.41. The molecular weight excluding hydrogens is 310 g/mol. The Morgan fingerprint density at radius 2 is 1.90 bits per heavy atom. The van der Waals surface area contributed by atoms with Crippen LogP contribution in [0.4, 0.5) is 0 Å². The molecule has 0 aliphatic rings. The van der Waals surface area contributed by atoms with E-state index >= 15 is 0 Å². The molecule has 0 aliphatic carbocycles. The van der Waals surface area contributed by atoms with E-state index in [-0.39, 0.29) is 29.6 Å². The smallest absolute Gasteiger partial charge is 0.261 e. The van der Waals surface area contributed by atoms with Gasteiger partial charge < -0.3 is 16.4 Å². The van der Waals surface area contributed by atoms with Gasteiger partial charge in [0.25, 0.3) is 5.91 Å². The summed E-state index contributed by atoms with van der Waals surface area (Å²) in [4.78, 5) is 24.1.